The number of benzene rings is 2. The molecule has 0 radical (unpaired) electrons. The molecule has 31 heavy (non-hydrogen) atoms. The first-order valence-corrected chi connectivity index (χ1v) is 11.3. The van der Waals surface area contributed by atoms with E-state index in [1.807, 2.05) is 71.8 Å². The molecule has 3 aromatic rings. The third kappa shape index (κ3) is 5.49. The van der Waals surface area contributed by atoms with Crippen LogP contribution in [0.1, 0.15) is 16.1 Å². The summed E-state index contributed by atoms with van der Waals surface area (Å²) in [5, 5.41) is 5.84. The van der Waals surface area contributed by atoms with Crippen molar-refractivity contribution in [1.82, 2.24) is 20.1 Å². The standard InChI is InChI=1S/C24H26N4O2S/c1-18-7-9-19(10-8-18)15-23(29)27-11-13-28(14-12-27)24(30)25-16-22-26-21(17-31-22)20-5-3-2-4-6-20/h2-10,17H,11-16H2,1H3,(H,25,30). The summed E-state index contributed by atoms with van der Waals surface area (Å²) in [6, 6.07) is 17.9. The molecule has 0 spiro atoms. The zero-order chi connectivity index (χ0) is 21.6. The molecule has 2 heterocycles. The van der Waals surface area contributed by atoms with Crippen molar-refractivity contribution in [1.29, 1.82) is 0 Å². The summed E-state index contributed by atoms with van der Waals surface area (Å²) in [7, 11) is 0. The number of nitrogens with one attached hydrogen (secondary N) is 1. The van der Waals surface area contributed by atoms with Crippen LogP contribution in [0.2, 0.25) is 0 Å². The van der Waals surface area contributed by atoms with E-state index in [2.05, 4.69) is 10.3 Å². The largest absolute Gasteiger partial charge is 0.339 e. The van der Waals surface area contributed by atoms with Crippen LogP contribution in [0.3, 0.4) is 0 Å². The Morgan fingerprint density at radius 2 is 1.65 bits per heavy atom. The second-order valence-electron chi connectivity index (χ2n) is 7.68. The van der Waals surface area contributed by atoms with E-state index in [0.29, 0.717) is 39.1 Å². The van der Waals surface area contributed by atoms with Gasteiger partial charge in [-0.2, -0.15) is 0 Å². The molecule has 3 amide bonds. The first-order valence-electron chi connectivity index (χ1n) is 10.4. The van der Waals surface area contributed by atoms with Crippen LogP contribution in [0.5, 0.6) is 0 Å². The lowest BCUT2D eigenvalue weighted by Gasteiger charge is -2.34. The van der Waals surface area contributed by atoms with Crippen molar-refractivity contribution in [3.63, 3.8) is 0 Å². The minimum atomic E-state index is -0.109. The quantitative estimate of drug-likeness (QED) is 0.666. The Morgan fingerprint density at radius 1 is 0.968 bits per heavy atom. The van der Waals surface area contributed by atoms with Crippen LogP contribution in [0.25, 0.3) is 11.3 Å². The molecule has 0 unspecified atom stereocenters. The minimum Gasteiger partial charge on any atom is -0.339 e. The molecular weight excluding hydrogens is 408 g/mol. The molecule has 160 valence electrons. The SMILES string of the molecule is Cc1ccc(CC(=O)N2CCN(C(=O)NCc3nc(-c4ccccc4)cs3)CC2)cc1. The molecule has 1 fully saturated rings. The number of piperazine rings is 1. The number of rotatable bonds is 5. The maximum atomic E-state index is 12.6. The average Bonchev–Trinajstić information content (AvgIpc) is 3.29. The van der Waals surface area contributed by atoms with Gasteiger partial charge in [0.05, 0.1) is 18.7 Å². The van der Waals surface area contributed by atoms with Gasteiger partial charge in [0, 0.05) is 37.1 Å². The van der Waals surface area contributed by atoms with E-state index in [-0.39, 0.29) is 11.9 Å². The van der Waals surface area contributed by atoms with Crippen LogP contribution in [0.4, 0.5) is 4.79 Å². The van der Waals surface area contributed by atoms with Crippen LogP contribution in [-0.2, 0) is 17.8 Å². The molecule has 4 rings (SSSR count). The number of hydrogen-bond acceptors (Lipinski definition) is 4. The maximum absolute atomic E-state index is 12.6. The molecule has 6 nitrogen and oxygen atoms in total. The lowest BCUT2D eigenvalue weighted by atomic mass is 10.1. The number of urea groups is 1. The minimum absolute atomic E-state index is 0.109. The lowest BCUT2D eigenvalue weighted by Crippen LogP contribution is -2.53. The van der Waals surface area contributed by atoms with Gasteiger partial charge in [-0.1, -0.05) is 60.2 Å². The number of nitrogens with zero attached hydrogens (tertiary/aromatic N) is 3. The highest BCUT2D eigenvalue weighted by molar-refractivity contribution is 7.09. The van der Waals surface area contributed by atoms with Gasteiger partial charge in [0.15, 0.2) is 0 Å². The molecule has 1 aliphatic heterocycles. The van der Waals surface area contributed by atoms with Gasteiger partial charge in [-0.25, -0.2) is 9.78 Å². The number of thiazole rings is 1. The molecular formula is C24H26N4O2S. The summed E-state index contributed by atoms with van der Waals surface area (Å²) in [5.41, 5.74) is 4.21. The van der Waals surface area contributed by atoms with Crippen molar-refractivity contribution < 1.29 is 9.59 Å². The summed E-state index contributed by atoms with van der Waals surface area (Å²) in [5.74, 6) is 0.111. The Labute approximate surface area is 186 Å². The predicted molar refractivity (Wildman–Crippen MR) is 123 cm³/mol. The number of aryl methyl sites for hydroxylation is 1. The fourth-order valence-corrected chi connectivity index (χ4v) is 4.29. The monoisotopic (exact) mass is 434 g/mol. The molecule has 1 N–H and O–H groups in total. The number of carbonyl (C=O) groups excluding carboxylic acids is 2. The number of hydrogen-bond donors (Lipinski definition) is 1. The van der Waals surface area contributed by atoms with E-state index in [1.165, 1.54) is 5.56 Å². The predicted octanol–water partition coefficient (Wildman–Crippen LogP) is 3.72. The van der Waals surface area contributed by atoms with Gasteiger partial charge < -0.3 is 15.1 Å². The van der Waals surface area contributed by atoms with E-state index in [0.717, 1.165) is 21.8 Å². The zero-order valence-electron chi connectivity index (χ0n) is 17.6. The highest BCUT2D eigenvalue weighted by Gasteiger charge is 2.24. The van der Waals surface area contributed by atoms with Crippen LogP contribution < -0.4 is 5.32 Å². The maximum Gasteiger partial charge on any atom is 0.317 e. The Hall–Kier alpha value is -3.19. The van der Waals surface area contributed by atoms with Gasteiger partial charge in [-0.15, -0.1) is 11.3 Å². The third-order valence-corrected chi connectivity index (χ3v) is 6.26. The zero-order valence-corrected chi connectivity index (χ0v) is 18.4. The van der Waals surface area contributed by atoms with Crippen molar-refractivity contribution >= 4 is 23.3 Å². The molecule has 0 aliphatic carbocycles. The Bertz CT molecular complexity index is 1030. The second-order valence-corrected chi connectivity index (χ2v) is 8.62. The molecule has 0 bridgehead atoms. The Balaban J connectivity index is 1.23. The van der Waals surface area contributed by atoms with E-state index in [9.17, 15) is 9.59 Å². The fourth-order valence-electron chi connectivity index (χ4n) is 3.55. The van der Waals surface area contributed by atoms with Crippen molar-refractivity contribution in [2.45, 2.75) is 19.9 Å². The molecule has 7 heteroatoms. The average molecular weight is 435 g/mol. The van der Waals surface area contributed by atoms with Crippen LogP contribution in [-0.4, -0.2) is 52.9 Å². The molecule has 2 aromatic carbocycles. The highest BCUT2D eigenvalue weighted by atomic mass is 32.1. The van der Waals surface area contributed by atoms with Crippen LogP contribution >= 0.6 is 11.3 Å². The van der Waals surface area contributed by atoms with Crippen LogP contribution in [0.15, 0.2) is 60.0 Å². The molecule has 1 aromatic heterocycles. The summed E-state index contributed by atoms with van der Waals surface area (Å²) in [6.07, 6.45) is 0.403. The number of amides is 3. The van der Waals surface area contributed by atoms with Crippen molar-refractivity contribution in [3.05, 3.63) is 76.1 Å². The topological polar surface area (TPSA) is 65.5 Å². The molecule has 1 aliphatic rings. The van der Waals surface area contributed by atoms with Gasteiger partial charge in [0.25, 0.3) is 0 Å². The highest BCUT2D eigenvalue weighted by Crippen LogP contribution is 2.21. The van der Waals surface area contributed by atoms with E-state index in [1.54, 1.807) is 16.2 Å². The lowest BCUT2D eigenvalue weighted by molar-refractivity contribution is -0.131. The van der Waals surface area contributed by atoms with Crippen LogP contribution in [0, 0.1) is 6.92 Å². The van der Waals surface area contributed by atoms with Gasteiger partial charge >= 0.3 is 6.03 Å². The first-order chi connectivity index (χ1) is 15.1. The fraction of sp³-hybridized carbons (Fsp3) is 0.292. The first kappa shape index (κ1) is 21.1. The van der Waals surface area contributed by atoms with E-state index < -0.39 is 0 Å². The Morgan fingerprint density at radius 3 is 2.35 bits per heavy atom. The molecule has 0 atom stereocenters. The summed E-state index contributed by atoms with van der Waals surface area (Å²) < 4.78 is 0. The van der Waals surface area contributed by atoms with Gasteiger partial charge in [0.2, 0.25) is 5.91 Å². The summed E-state index contributed by atoms with van der Waals surface area (Å²) in [6.45, 7) is 4.65. The summed E-state index contributed by atoms with van der Waals surface area (Å²) >= 11 is 1.54. The Kier molecular flexibility index (Phi) is 6.62. The number of carbonyl (C=O) groups is 2. The summed E-state index contributed by atoms with van der Waals surface area (Å²) in [4.78, 5) is 33.3. The normalized spacial score (nSPS) is 13.8. The third-order valence-electron chi connectivity index (χ3n) is 5.41. The smallest absolute Gasteiger partial charge is 0.317 e. The van der Waals surface area contributed by atoms with Crippen molar-refractivity contribution in [2.75, 3.05) is 26.2 Å². The van der Waals surface area contributed by atoms with Crippen molar-refractivity contribution in [3.8, 4) is 11.3 Å². The van der Waals surface area contributed by atoms with Gasteiger partial charge in [0.1, 0.15) is 5.01 Å². The van der Waals surface area contributed by atoms with Gasteiger partial charge in [-0.05, 0) is 12.5 Å². The van der Waals surface area contributed by atoms with Crippen molar-refractivity contribution in [2.24, 2.45) is 0 Å². The number of aromatic nitrogens is 1. The molecule has 0 saturated carbocycles. The van der Waals surface area contributed by atoms with Gasteiger partial charge in [-0.3, -0.25) is 4.79 Å². The van der Waals surface area contributed by atoms with E-state index >= 15 is 0 Å². The van der Waals surface area contributed by atoms with E-state index in [4.69, 9.17) is 0 Å². The molecule has 1 saturated heterocycles. The second kappa shape index (κ2) is 9.75.